The van der Waals surface area contributed by atoms with Gasteiger partial charge >= 0.3 is 0 Å². The molecule has 0 aliphatic rings. The molecule has 0 saturated carbocycles. The highest BCUT2D eigenvalue weighted by Crippen LogP contribution is 2.32. The van der Waals surface area contributed by atoms with Gasteiger partial charge in [-0.25, -0.2) is 4.39 Å². The molecule has 96 valence electrons. The second-order valence-corrected chi connectivity index (χ2v) is 5.65. The van der Waals surface area contributed by atoms with Gasteiger partial charge in [0.1, 0.15) is 5.82 Å². The third kappa shape index (κ3) is 2.85. The lowest BCUT2D eigenvalue weighted by atomic mass is 9.87. The van der Waals surface area contributed by atoms with E-state index in [1.165, 1.54) is 0 Å². The standard InChI is InChI=1S/C12H19BrFN3/c1-12(2,17(3)4)11(16-15)8-6-5-7-9(13)10(8)14/h5-7,11,16H,15H2,1-4H3. The first-order valence-electron chi connectivity index (χ1n) is 5.39. The van der Waals surface area contributed by atoms with Crippen LogP contribution in [0.1, 0.15) is 25.5 Å². The van der Waals surface area contributed by atoms with Crippen molar-refractivity contribution in [3.63, 3.8) is 0 Å². The fourth-order valence-corrected chi connectivity index (χ4v) is 2.06. The van der Waals surface area contributed by atoms with Crippen LogP contribution < -0.4 is 11.3 Å². The van der Waals surface area contributed by atoms with Crippen molar-refractivity contribution in [1.82, 2.24) is 10.3 Å². The van der Waals surface area contributed by atoms with Gasteiger partial charge in [0.05, 0.1) is 10.5 Å². The zero-order valence-corrected chi connectivity index (χ0v) is 12.2. The van der Waals surface area contributed by atoms with E-state index in [0.717, 1.165) is 0 Å². The molecule has 0 bridgehead atoms. The average molecular weight is 304 g/mol. The molecule has 1 atom stereocenters. The lowest BCUT2D eigenvalue weighted by Gasteiger charge is -2.40. The maximum atomic E-state index is 14.1. The summed E-state index contributed by atoms with van der Waals surface area (Å²) in [5, 5.41) is 0. The van der Waals surface area contributed by atoms with Crippen molar-refractivity contribution in [3.05, 3.63) is 34.1 Å². The number of benzene rings is 1. The van der Waals surface area contributed by atoms with Crippen LogP contribution in [0.25, 0.3) is 0 Å². The molecule has 0 aromatic heterocycles. The summed E-state index contributed by atoms with van der Waals surface area (Å²) in [5.41, 5.74) is 2.95. The third-order valence-corrected chi connectivity index (χ3v) is 3.93. The molecular weight excluding hydrogens is 285 g/mol. The number of hydrazine groups is 1. The van der Waals surface area contributed by atoms with E-state index in [9.17, 15) is 4.39 Å². The summed E-state index contributed by atoms with van der Waals surface area (Å²) >= 11 is 3.19. The van der Waals surface area contributed by atoms with Crippen LogP contribution in [0.5, 0.6) is 0 Å². The predicted molar refractivity (Wildman–Crippen MR) is 71.9 cm³/mol. The molecule has 0 saturated heterocycles. The van der Waals surface area contributed by atoms with E-state index in [0.29, 0.717) is 10.0 Å². The number of halogens is 2. The van der Waals surface area contributed by atoms with Crippen LogP contribution >= 0.6 is 15.9 Å². The maximum Gasteiger partial charge on any atom is 0.142 e. The monoisotopic (exact) mass is 303 g/mol. The normalized spacial score (nSPS) is 14.1. The number of nitrogens with two attached hydrogens (primary N) is 1. The Morgan fingerprint density at radius 3 is 2.47 bits per heavy atom. The maximum absolute atomic E-state index is 14.1. The Morgan fingerprint density at radius 2 is 2.00 bits per heavy atom. The van der Waals surface area contributed by atoms with Gasteiger partial charge in [0, 0.05) is 11.1 Å². The molecular formula is C12H19BrFN3. The zero-order valence-electron chi connectivity index (χ0n) is 10.6. The molecule has 1 rings (SSSR count). The molecule has 3 nitrogen and oxygen atoms in total. The van der Waals surface area contributed by atoms with E-state index in [2.05, 4.69) is 21.4 Å². The van der Waals surface area contributed by atoms with E-state index < -0.39 is 0 Å². The molecule has 1 aromatic carbocycles. The minimum absolute atomic E-state index is 0.273. The Labute approximate surface area is 110 Å². The van der Waals surface area contributed by atoms with Crippen LogP contribution in [0.3, 0.4) is 0 Å². The first-order chi connectivity index (χ1) is 7.82. The van der Waals surface area contributed by atoms with Gasteiger partial charge in [0.2, 0.25) is 0 Å². The van der Waals surface area contributed by atoms with E-state index >= 15 is 0 Å². The summed E-state index contributed by atoms with van der Waals surface area (Å²) in [6, 6.07) is 4.93. The number of likely N-dealkylation sites (N-methyl/N-ethyl adjacent to an activating group) is 1. The fraction of sp³-hybridized carbons (Fsp3) is 0.500. The minimum atomic E-state index is -0.309. The smallest absolute Gasteiger partial charge is 0.142 e. The lowest BCUT2D eigenvalue weighted by molar-refractivity contribution is 0.136. The third-order valence-electron chi connectivity index (χ3n) is 3.32. The highest BCUT2D eigenvalue weighted by Gasteiger charge is 2.34. The number of hydrogen-bond donors (Lipinski definition) is 2. The SMILES string of the molecule is CN(C)C(C)(C)C(NN)c1cccc(Br)c1F. The van der Waals surface area contributed by atoms with Crippen LogP contribution in [0.2, 0.25) is 0 Å². The summed E-state index contributed by atoms with van der Waals surface area (Å²) in [6.45, 7) is 4.02. The molecule has 1 aromatic rings. The number of rotatable bonds is 4. The zero-order chi connectivity index (χ0) is 13.2. The second-order valence-electron chi connectivity index (χ2n) is 4.79. The van der Waals surface area contributed by atoms with Gasteiger partial charge < -0.3 is 4.90 Å². The Morgan fingerprint density at radius 1 is 1.41 bits per heavy atom. The Hall–Kier alpha value is -0.490. The molecule has 0 heterocycles. The van der Waals surface area contributed by atoms with Gasteiger partial charge in [0.15, 0.2) is 0 Å². The molecule has 5 heteroatoms. The first kappa shape index (κ1) is 14.6. The van der Waals surface area contributed by atoms with Crippen LogP contribution in [0, 0.1) is 5.82 Å². The van der Waals surface area contributed by atoms with Crippen molar-refractivity contribution in [2.75, 3.05) is 14.1 Å². The topological polar surface area (TPSA) is 41.3 Å². The van der Waals surface area contributed by atoms with Crippen molar-refractivity contribution in [3.8, 4) is 0 Å². The molecule has 0 aliphatic carbocycles. The molecule has 17 heavy (non-hydrogen) atoms. The van der Waals surface area contributed by atoms with Gasteiger partial charge in [-0.2, -0.15) is 0 Å². The second kappa shape index (κ2) is 5.44. The quantitative estimate of drug-likeness (QED) is 0.663. The van der Waals surface area contributed by atoms with Gasteiger partial charge in [-0.3, -0.25) is 11.3 Å². The van der Waals surface area contributed by atoms with E-state index in [1.807, 2.05) is 32.8 Å². The highest BCUT2D eigenvalue weighted by atomic mass is 79.9. The number of nitrogens with one attached hydrogen (secondary N) is 1. The predicted octanol–water partition coefficient (Wildman–Crippen LogP) is 2.43. The van der Waals surface area contributed by atoms with Gasteiger partial charge in [-0.15, -0.1) is 0 Å². The summed E-state index contributed by atoms with van der Waals surface area (Å²) in [6.07, 6.45) is 0. The molecule has 0 spiro atoms. The van der Waals surface area contributed by atoms with Crippen LogP contribution in [-0.4, -0.2) is 24.5 Å². The van der Waals surface area contributed by atoms with Gasteiger partial charge in [-0.05, 0) is 49.9 Å². The van der Waals surface area contributed by atoms with Crippen LogP contribution in [0.15, 0.2) is 22.7 Å². The van der Waals surface area contributed by atoms with E-state index in [4.69, 9.17) is 5.84 Å². The van der Waals surface area contributed by atoms with E-state index in [-0.39, 0.29) is 17.4 Å². The summed E-state index contributed by atoms with van der Waals surface area (Å²) < 4.78 is 14.5. The summed E-state index contributed by atoms with van der Waals surface area (Å²) in [7, 11) is 3.89. The summed E-state index contributed by atoms with van der Waals surface area (Å²) in [4.78, 5) is 2.01. The Balaban J connectivity index is 3.23. The Kier molecular flexibility index (Phi) is 4.66. The fourth-order valence-electron chi connectivity index (χ4n) is 1.68. The minimum Gasteiger partial charge on any atom is -0.302 e. The van der Waals surface area contributed by atoms with Crippen molar-refractivity contribution in [1.29, 1.82) is 0 Å². The van der Waals surface area contributed by atoms with Crippen molar-refractivity contribution < 1.29 is 4.39 Å². The molecule has 0 fully saturated rings. The molecule has 0 amide bonds. The first-order valence-corrected chi connectivity index (χ1v) is 6.19. The average Bonchev–Trinajstić information content (AvgIpc) is 2.24. The van der Waals surface area contributed by atoms with Gasteiger partial charge in [0.25, 0.3) is 0 Å². The van der Waals surface area contributed by atoms with Crippen molar-refractivity contribution >= 4 is 15.9 Å². The van der Waals surface area contributed by atoms with E-state index in [1.54, 1.807) is 18.2 Å². The number of nitrogens with zero attached hydrogens (tertiary/aromatic N) is 1. The largest absolute Gasteiger partial charge is 0.302 e. The van der Waals surface area contributed by atoms with Gasteiger partial charge in [-0.1, -0.05) is 12.1 Å². The van der Waals surface area contributed by atoms with Crippen molar-refractivity contribution in [2.45, 2.75) is 25.4 Å². The highest BCUT2D eigenvalue weighted by molar-refractivity contribution is 9.10. The summed E-state index contributed by atoms with van der Waals surface area (Å²) in [5.74, 6) is 5.32. The molecule has 0 radical (unpaired) electrons. The molecule has 1 unspecified atom stereocenters. The molecule has 3 N–H and O–H groups in total. The lowest BCUT2D eigenvalue weighted by Crippen LogP contribution is -2.51. The van der Waals surface area contributed by atoms with Crippen LogP contribution in [0.4, 0.5) is 4.39 Å². The Bertz CT molecular complexity index is 393. The van der Waals surface area contributed by atoms with Crippen LogP contribution in [-0.2, 0) is 0 Å². The number of hydrogen-bond acceptors (Lipinski definition) is 3. The van der Waals surface area contributed by atoms with Crippen molar-refractivity contribution in [2.24, 2.45) is 5.84 Å². The molecule has 0 aliphatic heterocycles.